The van der Waals surface area contributed by atoms with Gasteiger partial charge < -0.3 is 4.57 Å². The standard InChI is InChI=1S/C17H14F2N2OS/c1-2-21-16-13(19)9-12(18)10-14(16)23-17(21)20-15(22)8-11-6-4-3-5-7-11/h3-7,9-10H,2,8H2,1H3. The number of amides is 1. The second kappa shape index (κ2) is 6.42. The van der Waals surface area contributed by atoms with Crippen LogP contribution in [0.1, 0.15) is 12.5 Å². The van der Waals surface area contributed by atoms with Crippen LogP contribution in [0.5, 0.6) is 0 Å². The largest absolute Gasteiger partial charge is 0.314 e. The summed E-state index contributed by atoms with van der Waals surface area (Å²) in [5, 5.41) is 0. The fourth-order valence-corrected chi connectivity index (χ4v) is 3.58. The van der Waals surface area contributed by atoms with Crippen LogP contribution < -0.4 is 4.80 Å². The van der Waals surface area contributed by atoms with Crippen LogP contribution in [0.25, 0.3) is 10.2 Å². The van der Waals surface area contributed by atoms with Gasteiger partial charge in [-0.1, -0.05) is 41.7 Å². The summed E-state index contributed by atoms with van der Waals surface area (Å²) in [6.07, 6.45) is 0.176. The van der Waals surface area contributed by atoms with E-state index in [9.17, 15) is 13.6 Å². The molecule has 0 atom stereocenters. The molecule has 0 spiro atoms. The summed E-state index contributed by atoms with van der Waals surface area (Å²) in [6.45, 7) is 2.27. The normalized spacial score (nSPS) is 12.0. The molecular formula is C17H14F2N2OS. The Labute approximate surface area is 135 Å². The van der Waals surface area contributed by atoms with E-state index < -0.39 is 11.6 Å². The van der Waals surface area contributed by atoms with Crippen molar-refractivity contribution in [1.82, 2.24) is 4.57 Å². The molecule has 3 nitrogen and oxygen atoms in total. The van der Waals surface area contributed by atoms with E-state index in [0.717, 1.165) is 23.0 Å². The van der Waals surface area contributed by atoms with Crippen molar-refractivity contribution in [3.05, 3.63) is 64.5 Å². The van der Waals surface area contributed by atoms with Crippen LogP contribution >= 0.6 is 11.3 Å². The predicted molar refractivity (Wildman–Crippen MR) is 86.1 cm³/mol. The van der Waals surface area contributed by atoms with Gasteiger partial charge in [-0.3, -0.25) is 4.79 Å². The average Bonchev–Trinajstić information content (AvgIpc) is 2.85. The monoisotopic (exact) mass is 332 g/mol. The lowest BCUT2D eigenvalue weighted by Gasteiger charge is -2.01. The number of hydrogen-bond acceptors (Lipinski definition) is 2. The maximum atomic E-state index is 14.0. The first-order chi connectivity index (χ1) is 11.1. The fourth-order valence-electron chi connectivity index (χ4n) is 2.42. The molecule has 1 heterocycles. The lowest BCUT2D eigenvalue weighted by molar-refractivity contribution is -0.117. The smallest absolute Gasteiger partial charge is 0.252 e. The number of carbonyl (C=O) groups excluding carboxylic acids is 1. The number of aromatic nitrogens is 1. The Bertz CT molecular complexity index is 929. The third-order valence-corrected chi connectivity index (χ3v) is 4.46. The second-order valence-corrected chi connectivity index (χ2v) is 6.04. The Kier molecular flexibility index (Phi) is 4.34. The van der Waals surface area contributed by atoms with Gasteiger partial charge in [0.25, 0.3) is 5.91 Å². The SMILES string of the molecule is CCn1c(=NC(=O)Cc2ccccc2)sc2cc(F)cc(F)c21. The zero-order chi connectivity index (χ0) is 16.4. The fraction of sp³-hybridized carbons (Fsp3) is 0.176. The highest BCUT2D eigenvalue weighted by molar-refractivity contribution is 7.16. The molecule has 3 aromatic rings. The Morgan fingerprint density at radius 3 is 2.65 bits per heavy atom. The van der Waals surface area contributed by atoms with Gasteiger partial charge in [-0.15, -0.1) is 0 Å². The van der Waals surface area contributed by atoms with Crippen LogP contribution in [-0.2, 0) is 17.8 Å². The van der Waals surface area contributed by atoms with Gasteiger partial charge >= 0.3 is 0 Å². The van der Waals surface area contributed by atoms with Crippen LogP contribution in [0.2, 0.25) is 0 Å². The molecule has 0 saturated heterocycles. The van der Waals surface area contributed by atoms with E-state index in [1.54, 1.807) is 4.57 Å². The maximum absolute atomic E-state index is 14.0. The van der Waals surface area contributed by atoms with Gasteiger partial charge in [-0.05, 0) is 18.6 Å². The Morgan fingerprint density at radius 2 is 1.96 bits per heavy atom. The zero-order valence-electron chi connectivity index (χ0n) is 12.4. The van der Waals surface area contributed by atoms with Crippen LogP contribution in [0.15, 0.2) is 47.5 Å². The minimum absolute atomic E-state index is 0.176. The average molecular weight is 332 g/mol. The summed E-state index contributed by atoms with van der Waals surface area (Å²) in [4.78, 5) is 16.6. The number of fused-ring (bicyclic) bond motifs is 1. The molecule has 2 aromatic carbocycles. The van der Waals surface area contributed by atoms with Crippen LogP contribution in [0.4, 0.5) is 8.78 Å². The molecular weight excluding hydrogens is 318 g/mol. The van der Waals surface area contributed by atoms with Crippen molar-refractivity contribution in [3.8, 4) is 0 Å². The third kappa shape index (κ3) is 3.22. The van der Waals surface area contributed by atoms with Crippen molar-refractivity contribution in [2.75, 3.05) is 0 Å². The van der Waals surface area contributed by atoms with Gasteiger partial charge in [0.05, 0.1) is 16.6 Å². The number of carbonyl (C=O) groups is 1. The molecule has 0 saturated carbocycles. The number of aryl methyl sites for hydroxylation is 1. The van der Waals surface area contributed by atoms with Gasteiger partial charge in [0.1, 0.15) is 5.82 Å². The zero-order valence-corrected chi connectivity index (χ0v) is 13.2. The molecule has 0 radical (unpaired) electrons. The van der Waals surface area contributed by atoms with E-state index >= 15 is 0 Å². The van der Waals surface area contributed by atoms with Crippen molar-refractivity contribution >= 4 is 27.5 Å². The predicted octanol–water partition coefficient (Wildman–Crippen LogP) is 3.67. The second-order valence-electron chi connectivity index (χ2n) is 5.03. The number of thiazole rings is 1. The number of hydrogen-bond donors (Lipinski definition) is 0. The van der Waals surface area contributed by atoms with E-state index in [1.807, 2.05) is 37.3 Å². The Hall–Kier alpha value is -2.34. The molecule has 23 heavy (non-hydrogen) atoms. The molecule has 0 bridgehead atoms. The number of benzene rings is 2. The van der Waals surface area contributed by atoms with Crippen LogP contribution in [0, 0.1) is 11.6 Å². The van der Waals surface area contributed by atoms with E-state index in [4.69, 9.17) is 0 Å². The number of rotatable bonds is 3. The van der Waals surface area contributed by atoms with E-state index in [-0.39, 0.29) is 17.8 Å². The van der Waals surface area contributed by atoms with E-state index in [2.05, 4.69) is 4.99 Å². The lowest BCUT2D eigenvalue weighted by atomic mass is 10.1. The van der Waals surface area contributed by atoms with Crippen LogP contribution in [-0.4, -0.2) is 10.5 Å². The summed E-state index contributed by atoms with van der Waals surface area (Å²) >= 11 is 1.11. The van der Waals surface area contributed by atoms with Gasteiger partial charge in [-0.2, -0.15) is 4.99 Å². The Balaban J connectivity index is 2.05. The summed E-state index contributed by atoms with van der Waals surface area (Å²) in [5.74, 6) is -1.59. The Morgan fingerprint density at radius 1 is 1.22 bits per heavy atom. The van der Waals surface area contributed by atoms with Crippen molar-refractivity contribution < 1.29 is 13.6 Å². The molecule has 0 aliphatic carbocycles. The highest BCUT2D eigenvalue weighted by Gasteiger charge is 2.13. The first kappa shape index (κ1) is 15.6. The summed E-state index contributed by atoms with van der Waals surface area (Å²) in [6, 6.07) is 11.4. The molecule has 1 aromatic heterocycles. The molecule has 0 N–H and O–H groups in total. The third-order valence-electron chi connectivity index (χ3n) is 3.43. The summed E-state index contributed by atoms with van der Waals surface area (Å²) in [7, 11) is 0. The quantitative estimate of drug-likeness (QED) is 0.720. The minimum atomic E-state index is -0.643. The van der Waals surface area contributed by atoms with E-state index in [1.165, 1.54) is 6.07 Å². The summed E-state index contributed by atoms with van der Waals surface area (Å²) in [5.41, 5.74) is 1.15. The minimum Gasteiger partial charge on any atom is -0.314 e. The molecule has 1 amide bonds. The van der Waals surface area contributed by atoms with Gasteiger partial charge in [-0.25, -0.2) is 8.78 Å². The topological polar surface area (TPSA) is 34.4 Å². The molecule has 0 unspecified atom stereocenters. The summed E-state index contributed by atoms with van der Waals surface area (Å²) < 4.78 is 29.4. The molecule has 0 fully saturated rings. The number of halogens is 2. The van der Waals surface area contributed by atoms with Gasteiger partial charge in [0.2, 0.25) is 0 Å². The van der Waals surface area contributed by atoms with Gasteiger partial charge in [0.15, 0.2) is 10.6 Å². The molecule has 0 aliphatic rings. The molecule has 118 valence electrons. The van der Waals surface area contributed by atoms with Gasteiger partial charge in [0, 0.05) is 12.6 Å². The lowest BCUT2D eigenvalue weighted by Crippen LogP contribution is -2.17. The first-order valence-electron chi connectivity index (χ1n) is 7.18. The van der Waals surface area contributed by atoms with Crippen LogP contribution in [0.3, 0.4) is 0 Å². The molecule has 6 heteroatoms. The van der Waals surface area contributed by atoms with Crippen molar-refractivity contribution in [3.63, 3.8) is 0 Å². The van der Waals surface area contributed by atoms with Crippen molar-refractivity contribution in [2.45, 2.75) is 19.9 Å². The highest BCUT2D eigenvalue weighted by Crippen LogP contribution is 2.22. The molecule has 3 rings (SSSR count). The number of nitrogens with zero attached hydrogens (tertiary/aromatic N) is 2. The van der Waals surface area contributed by atoms with E-state index in [0.29, 0.717) is 16.0 Å². The van der Waals surface area contributed by atoms with Crippen molar-refractivity contribution in [1.29, 1.82) is 0 Å². The molecule has 0 aliphatic heterocycles. The first-order valence-corrected chi connectivity index (χ1v) is 8.00. The van der Waals surface area contributed by atoms with Crippen molar-refractivity contribution in [2.24, 2.45) is 4.99 Å². The maximum Gasteiger partial charge on any atom is 0.252 e. The highest BCUT2D eigenvalue weighted by atomic mass is 32.1.